The second-order valence-corrected chi connectivity index (χ2v) is 9.11. The average Bonchev–Trinajstić information content (AvgIpc) is 3.00. The van der Waals surface area contributed by atoms with Crippen molar-refractivity contribution in [3.63, 3.8) is 0 Å². The summed E-state index contributed by atoms with van der Waals surface area (Å²) in [6.07, 6.45) is 5.09. The second-order valence-electron chi connectivity index (χ2n) is 9.11. The van der Waals surface area contributed by atoms with E-state index in [2.05, 4.69) is 6.07 Å². The van der Waals surface area contributed by atoms with Crippen molar-refractivity contribution in [3.8, 4) is 11.8 Å². The number of hydrogen-bond acceptors (Lipinski definition) is 6. The quantitative estimate of drug-likeness (QED) is 0.515. The largest absolute Gasteiger partial charge is 0.489 e. The van der Waals surface area contributed by atoms with E-state index in [1.807, 2.05) is 12.1 Å². The molecule has 36 heavy (non-hydrogen) atoms. The molecule has 0 saturated heterocycles. The molecule has 2 amide bonds. The average molecular weight is 490 g/mol. The first-order valence-electron chi connectivity index (χ1n) is 12.5. The summed E-state index contributed by atoms with van der Waals surface area (Å²) in [5.41, 5.74) is 2.46. The third-order valence-corrected chi connectivity index (χ3v) is 6.66. The number of rotatable bonds is 8. The Labute approximate surface area is 211 Å². The third-order valence-electron chi connectivity index (χ3n) is 6.66. The van der Waals surface area contributed by atoms with Gasteiger partial charge in [0.15, 0.2) is 0 Å². The summed E-state index contributed by atoms with van der Waals surface area (Å²) in [7, 11) is 0. The number of benzene rings is 2. The highest BCUT2D eigenvalue weighted by Gasteiger charge is 2.36. The zero-order valence-electron chi connectivity index (χ0n) is 20.6. The molecule has 0 spiro atoms. The molecule has 0 unspecified atom stereocenters. The second kappa shape index (κ2) is 11.7. The van der Waals surface area contributed by atoms with Gasteiger partial charge in [-0.05, 0) is 55.7 Å². The van der Waals surface area contributed by atoms with E-state index in [1.54, 1.807) is 42.2 Å². The van der Waals surface area contributed by atoms with E-state index >= 15 is 0 Å². The predicted molar refractivity (Wildman–Crippen MR) is 133 cm³/mol. The van der Waals surface area contributed by atoms with E-state index < -0.39 is 5.97 Å². The van der Waals surface area contributed by atoms with E-state index in [0.29, 0.717) is 22.6 Å². The number of anilines is 1. The molecule has 0 aromatic heterocycles. The fraction of sp³-hybridized carbons (Fsp3) is 0.429. The van der Waals surface area contributed by atoms with Gasteiger partial charge in [0.1, 0.15) is 18.9 Å². The Balaban J connectivity index is 1.60. The van der Waals surface area contributed by atoms with Gasteiger partial charge in [0, 0.05) is 12.6 Å². The lowest BCUT2D eigenvalue weighted by molar-refractivity contribution is -0.143. The molecular weight excluding hydrogens is 458 g/mol. The number of ether oxygens (including phenoxy) is 2. The first-order valence-corrected chi connectivity index (χ1v) is 12.5. The molecule has 1 saturated carbocycles. The predicted octanol–water partition coefficient (Wildman–Crippen LogP) is 4.21. The normalized spacial score (nSPS) is 16.2. The molecule has 8 heteroatoms. The Bertz CT molecular complexity index is 1150. The lowest BCUT2D eigenvalue weighted by Gasteiger charge is -2.34. The highest BCUT2D eigenvalue weighted by atomic mass is 16.5. The van der Waals surface area contributed by atoms with Crippen LogP contribution in [0.4, 0.5) is 5.69 Å². The Morgan fingerprint density at radius 2 is 1.83 bits per heavy atom. The molecule has 2 aromatic carbocycles. The van der Waals surface area contributed by atoms with Crippen molar-refractivity contribution >= 4 is 23.5 Å². The van der Waals surface area contributed by atoms with Crippen molar-refractivity contribution < 1.29 is 23.9 Å². The van der Waals surface area contributed by atoms with Gasteiger partial charge in [-0.2, -0.15) is 5.26 Å². The molecule has 0 radical (unpaired) electrons. The Morgan fingerprint density at radius 3 is 2.53 bits per heavy atom. The number of carbonyl (C=O) groups excluding carboxylic acids is 3. The van der Waals surface area contributed by atoms with Crippen LogP contribution >= 0.6 is 0 Å². The fourth-order valence-corrected chi connectivity index (χ4v) is 4.82. The van der Waals surface area contributed by atoms with Gasteiger partial charge in [-0.25, -0.2) is 0 Å². The summed E-state index contributed by atoms with van der Waals surface area (Å²) in [6.45, 7) is 2.30. The molecule has 2 aliphatic rings. The molecule has 4 rings (SSSR count). The van der Waals surface area contributed by atoms with Gasteiger partial charge in [-0.1, -0.05) is 31.4 Å². The lowest BCUT2D eigenvalue weighted by Crippen LogP contribution is -2.45. The minimum Gasteiger partial charge on any atom is -0.489 e. The van der Waals surface area contributed by atoms with E-state index in [-0.39, 0.29) is 50.6 Å². The minimum atomic E-state index is -0.397. The SMILES string of the molecule is CCOC(=O)CCN1CC(=O)N(C2CCCCC2)c2ccc(OCc3ccc(C#N)cc3)cc2C1=O. The molecule has 1 aliphatic carbocycles. The van der Waals surface area contributed by atoms with Gasteiger partial charge in [-0.3, -0.25) is 14.4 Å². The molecule has 1 aliphatic heterocycles. The number of esters is 1. The maximum Gasteiger partial charge on any atom is 0.307 e. The number of fused-ring (bicyclic) bond motifs is 1. The maximum atomic E-state index is 13.6. The molecule has 8 nitrogen and oxygen atoms in total. The van der Waals surface area contributed by atoms with Crippen LogP contribution in [0.25, 0.3) is 0 Å². The Morgan fingerprint density at radius 1 is 1.08 bits per heavy atom. The van der Waals surface area contributed by atoms with Crippen LogP contribution in [0, 0.1) is 11.3 Å². The summed E-state index contributed by atoms with van der Waals surface area (Å²) in [4.78, 5) is 42.2. The molecule has 188 valence electrons. The fourth-order valence-electron chi connectivity index (χ4n) is 4.82. The van der Waals surface area contributed by atoms with Crippen molar-refractivity contribution in [2.75, 3.05) is 24.6 Å². The van der Waals surface area contributed by atoms with Crippen molar-refractivity contribution in [1.82, 2.24) is 4.90 Å². The van der Waals surface area contributed by atoms with Crippen LogP contribution in [0.2, 0.25) is 0 Å². The summed E-state index contributed by atoms with van der Waals surface area (Å²) < 4.78 is 11.0. The van der Waals surface area contributed by atoms with E-state index in [1.165, 1.54) is 4.90 Å². The van der Waals surface area contributed by atoms with Crippen LogP contribution in [0.15, 0.2) is 42.5 Å². The zero-order valence-corrected chi connectivity index (χ0v) is 20.6. The van der Waals surface area contributed by atoms with Crippen molar-refractivity contribution in [2.45, 2.75) is 58.1 Å². The molecular formula is C28H31N3O5. The molecule has 2 aromatic rings. The number of nitrogens with zero attached hydrogens (tertiary/aromatic N) is 3. The number of nitriles is 1. The number of amides is 2. The van der Waals surface area contributed by atoms with Crippen LogP contribution in [0.1, 0.15) is 66.9 Å². The smallest absolute Gasteiger partial charge is 0.307 e. The van der Waals surface area contributed by atoms with E-state index in [0.717, 1.165) is 37.7 Å². The Kier molecular flexibility index (Phi) is 8.21. The highest BCUT2D eigenvalue weighted by molar-refractivity contribution is 6.10. The summed E-state index contributed by atoms with van der Waals surface area (Å²) in [5.74, 6) is -0.325. The first-order chi connectivity index (χ1) is 17.5. The van der Waals surface area contributed by atoms with E-state index in [9.17, 15) is 14.4 Å². The van der Waals surface area contributed by atoms with Gasteiger partial charge in [-0.15, -0.1) is 0 Å². The zero-order chi connectivity index (χ0) is 25.5. The van der Waals surface area contributed by atoms with Crippen LogP contribution < -0.4 is 9.64 Å². The summed E-state index contributed by atoms with van der Waals surface area (Å²) >= 11 is 0. The van der Waals surface area contributed by atoms with Crippen LogP contribution in [-0.2, 0) is 20.9 Å². The molecule has 1 heterocycles. The maximum absolute atomic E-state index is 13.6. The molecule has 1 fully saturated rings. The first kappa shape index (κ1) is 25.2. The minimum absolute atomic E-state index is 0.0283. The van der Waals surface area contributed by atoms with Crippen LogP contribution in [0.3, 0.4) is 0 Å². The van der Waals surface area contributed by atoms with Crippen LogP contribution in [-0.4, -0.2) is 48.4 Å². The van der Waals surface area contributed by atoms with Crippen molar-refractivity contribution in [3.05, 3.63) is 59.2 Å². The van der Waals surface area contributed by atoms with Gasteiger partial charge in [0.25, 0.3) is 5.91 Å². The highest BCUT2D eigenvalue weighted by Crippen LogP contribution is 2.35. The Hall–Kier alpha value is -3.86. The van der Waals surface area contributed by atoms with Crippen molar-refractivity contribution in [1.29, 1.82) is 5.26 Å². The number of hydrogen-bond donors (Lipinski definition) is 0. The van der Waals surface area contributed by atoms with Gasteiger partial charge in [0.2, 0.25) is 5.91 Å². The van der Waals surface area contributed by atoms with Crippen molar-refractivity contribution in [2.24, 2.45) is 0 Å². The third kappa shape index (κ3) is 5.85. The monoisotopic (exact) mass is 489 g/mol. The molecule has 0 N–H and O–H groups in total. The topological polar surface area (TPSA) is 99.9 Å². The van der Waals surface area contributed by atoms with Gasteiger partial charge < -0.3 is 19.3 Å². The summed E-state index contributed by atoms with van der Waals surface area (Å²) in [6, 6.07) is 14.5. The molecule has 0 bridgehead atoms. The summed E-state index contributed by atoms with van der Waals surface area (Å²) in [5, 5.41) is 8.98. The van der Waals surface area contributed by atoms with Crippen LogP contribution in [0.5, 0.6) is 5.75 Å². The lowest BCUT2D eigenvalue weighted by atomic mass is 9.93. The standard InChI is InChI=1S/C28H31N3O5/c1-2-35-27(33)14-15-30-18-26(32)31(22-6-4-3-5-7-22)25-13-12-23(16-24(25)28(30)34)36-19-21-10-8-20(17-29)9-11-21/h8-13,16,22H,2-7,14-15,18-19H2,1H3. The van der Waals surface area contributed by atoms with E-state index in [4.69, 9.17) is 14.7 Å². The van der Waals surface area contributed by atoms with Gasteiger partial charge in [0.05, 0.1) is 35.9 Å². The molecule has 0 atom stereocenters. The number of carbonyl (C=O) groups is 3. The van der Waals surface area contributed by atoms with Gasteiger partial charge >= 0.3 is 5.97 Å².